The molecule has 0 atom stereocenters. The zero-order valence-corrected chi connectivity index (χ0v) is 12.7. The normalized spacial score (nSPS) is 10.3. The predicted octanol–water partition coefficient (Wildman–Crippen LogP) is 6.90. The first kappa shape index (κ1) is 17.2. The second kappa shape index (κ2) is 6.93. The van der Waals surface area contributed by atoms with E-state index in [1.54, 1.807) is 24.3 Å². The Labute approximate surface area is 140 Å². The highest BCUT2D eigenvalue weighted by atomic mass is 35.5. The number of rotatable bonds is 2. The van der Waals surface area contributed by atoms with Crippen molar-refractivity contribution in [1.29, 1.82) is 0 Å². The quantitative estimate of drug-likeness (QED) is 0.479. The van der Waals surface area contributed by atoms with Gasteiger partial charge >= 0.3 is 0 Å². The molecule has 0 unspecified atom stereocenters. The summed E-state index contributed by atoms with van der Waals surface area (Å²) in [5, 5.41) is 0.318. The molecule has 3 heteroatoms. The predicted molar refractivity (Wildman–Crippen MR) is 93.7 cm³/mol. The van der Waals surface area contributed by atoms with Crippen LogP contribution in [0.15, 0.2) is 60.7 Å². The van der Waals surface area contributed by atoms with Gasteiger partial charge < -0.3 is 0 Å². The molecule has 0 aromatic heterocycles. The molecule has 0 bridgehead atoms. The van der Waals surface area contributed by atoms with Crippen molar-refractivity contribution in [2.24, 2.45) is 0 Å². The lowest BCUT2D eigenvalue weighted by atomic mass is 9.99. The fourth-order valence-corrected chi connectivity index (χ4v) is 2.53. The van der Waals surface area contributed by atoms with E-state index in [0.29, 0.717) is 21.7 Å². The Kier molecular flexibility index (Phi) is 5.17. The van der Waals surface area contributed by atoms with Crippen molar-refractivity contribution in [1.82, 2.24) is 0 Å². The van der Waals surface area contributed by atoms with Gasteiger partial charge in [0.15, 0.2) is 0 Å². The van der Waals surface area contributed by atoms with Gasteiger partial charge in [-0.05, 0) is 42.3 Å². The van der Waals surface area contributed by atoms with E-state index in [-0.39, 0.29) is 13.2 Å². The van der Waals surface area contributed by atoms with Gasteiger partial charge in [0.2, 0.25) is 0 Å². The van der Waals surface area contributed by atoms with E-state index in [0.717, 1.165) is 11.1 Å². The zero-order valence-electron chi connectivity index (χ0n) is 11.9. The average molecular weight is 331 g/mol. The van der Waals surface area contributed by atoms with Crippen LogP contribution in [0.5, 0.6) is 0 Å². The molecule has 0 spiro atoms. The van der Waals surface area contributed by atoms with Gasteiger partial charge in [-0.3, -0.25) is 0 Å². The fraction of sp³-hybridized carbons (Fsp3) is 0.100. The third kappa shape index (κ3) is 3.59. The van der Waals surface area contributed by atoms with E-state index in [9.17, 15) is 8.78 Å². The lowest BCUT2D eigenvalue weighted by Gasteiger charge is -2.08. The molecule has 0 N–H and O–H groups in total. The molecule has 3 aromatic rings. The highest BCUT2D eigenvalue weighted by molar-refractivity contribution is 6.30. The lowest BCUT2D eigenvalue weighted by Crippen LogP contribution is -1.89. The SMILES string of the molecule is C.Cc1ccc(-c2ccc(-c3ccc(Cl)cc3F)cc2F)cc1. The average Bonchev–Trinajstić information content (AvgIpc) is 2.48. The Morgan fingerprint density at radius 3 is 1.83 bits per heavy atom. The van der Waals surface area contributed by atoms with E-state index < -0.39 is 5.82 Å². The summed E-state index contributed by atoms with van der Waals surface area (Å²) in [5.41, 5.74) is 3.23. The molecule has 0 amide bonds. The number of hydrogen-bond acceptors (Lipinski definition) is 0. The monoisotopic (exact) mass is 330 g/mol. The van der Waals surface area contributed by atoms with Crippen LogP contribution in [-0.4, -0.2) is 0 Å². The number of aryl methyl sites for hydroxylation is 1. The Hall–Kier alpha value is -2.19. The fourth-order valence-electron chi connectivity index (χ4n) is 2.37. The second-order valence-electron chi connectivity index (χ2n) is 5.18. The minimum atomic E-state index is -0.463. The van der Waals surface area contributed by atoms with Gasteiger partial charge in [0.05, 0.1) is 0 Å². The highest BCUT2D eigenvalue weighted by Gasteiger charge is 2.10. The molecular weight excluding hydrogens is 314 g/mol. The molecule has 0 saturated heterocycles. The van der Waals surface area contributed by atoms with Crippen LogP contribution < -0.4 is 0 Å². The second-order valence-corrected chi connectivity index (χ2v) is 5.62. The van der Waals surface area contributed by atoms with Crippen molar-refractivity contribution in [3.05, 3.63) is 82.9 Å². The highest BCUT2D eigenvalue weighted by Crippen LogP contribution is 2.30. The maximum atomic E-state index is 14.4. The van der Waals surface area contributed by atoms with Crippen molar-refractivity contribution in [2.75, 3.05) is 0 Å². The first-order chi connectivity index (χ1) is 10.5. The summed E-state index contributed by atoms with van der Waals surface area (Å²) in [4.78, 5) is 0. The van der Waals surface area contributed by atoms with Gasteiger partial charge in [-0.2, -0.15) is 0 Å². The minimum Gasteiger partial charge on any atom is -0.206 e. The standard InChI is InChI=1S/C19H13ClF2.CH4/c1-12-2-4-13(5-3-12)16-8-6-14(10-18(16)21)17-9-7-15(20)11-19(17)22;/h2-11H,1H3;1H4. The molecule has 118 valence electrons. The Balaban J connectivity index is 0.00000192. The van der Waals surface area contributed by atoms with E-state index in [2.05, 4.69) is 0 Å². The van der Waals surface area contributed by atoms with Crippen LogP contribution in [0.3, 0.4) is 0 Å². The maximum absolute atomic E-state index is 14.4. The van der Waals surface area contributed by atoms with Crippen molar-refractivity contribution in [3.63, 3.8) is 0 Å². The first-order valence-electron chi connectivity index (χ1n) is 6.86. The molecule has 0 radical (unpaired) electrons. The van der Waals surface area contributed by atoms with Crippen LogP contribution in [0.4, 0.5) is 8.78 Å². The van der Waals surface area contributed by atoms with Crippen molar-refractivity contribution in [3.8, 4) is 22.3 Å². The molecular formula is C20H17ClF2. The van der Waals surface area contributed by atoms with E-state index in [4.69, 9.17) is 11.6 Å². The Bertz CT molecular complexity index is 824. The molecule has 0 saturated carbocycles. The van der Waals surface area contributed by atoms with Gasteiger partial charge in [0, 0.05) is 16.1 Å². The van der Waals surface area contributed by atoms with Crippen LogP contribution in [0.2, 0.25) is 5.02 Å². The van der Waals surface area contributed by atoms with Crippen LogP contribution in [-0.2, 0) is 0 Å². The molecule has 3 rings (SSSR count). The van der Waals surface area contributed by atoms with Crippen molar-refractivity contribution >= 4 is 11.6 Å². The number of benzene rings is 3. The summed E-state index contributed by atoms with van der Waals surface area (Å²) in [5.74, 6) is -0.842. The van der Waals surface area contributed by atoms with Gasteiger partial charge in [-0.25, -0.2) is 8.78 Å². The Morgan fingerprint density at radius 1 is 0.696 bits per heavy atom. The third-order valence-corrected chi connectivity index (χ3v) is 3.81. The summed E-state index contributed by atoms with van der Waals surface area (Å²) in [7, 11) is 0. The van der Waals surface area contributed by atoms with E-state index in [1.165, 1.54) is 12.1 Å². The molecule has 0 nitrogen and oxygen atoms in total. The van der Waals surface area contributed by atoms with Crippen LogP contribution in [0, 0.1) is 18.6 Å². The van der Waals surface area contributed by atoms with Crippen LogP contribution in [0.1, 0.15) is 13.0 Å². The summed E-state index contributed by atoms with van der Waals surface area (Å²) in [6, 6.07) is 16.7. The van der Waals surface area contributed by atoms with Gasteiger partial charge in [-0.1, -0.05) is 61.0 Å². The largest absolute Gasteiger partial charge is 0.206 e. The summed E-state index contributed by atoms with van der Waals surface area (Å²) < 4.78 is 28.3. The number of hydrogen-bond donors (Lipinski definition) is 0. The van der Waals surface area contributed by atoms with Crippen molar-refractivity contribution < 1.29 is 8.78 Å². The summed E-state index contributed by atoms with van der Waals surface area (Å²) in [6.45, 7) is 1.98. The molecule has 0 aliphatic heterocycles. The number of halogens is 3. The minimum absolute atomic E-state index is 0. The molecule has 0 heterocycles. The van der Waals surface area contributed by atoms with Gasteiger partial charge in [0.25, 0.3) is 0 Å². The smallest absolute Gasteiger partial charge is 0.132 e. The first-order valence-corrected chi connectivity index (χ1v) is 7.24. The van der Waals surface area contributed by atoms with Crippen LogP contribution >= 0.6 is 11.6 Å². The van der Waals surface area contributed by atoms with Crippen LogP contribution in [0.25, 0.3) is 22.3 Å². The van der Waals surface area contributed by atoms with E-state index >= 15 is 0 Å². The van der Waals surface area contributed by atoms with Gasteiger partial charge in [-0.15, -0.1) is 0 Å². The maximum Gasteiger partial charge on any atom is 0.132 e. The summed E-state index contributed by atoms with van der Waals surface area (Å²) >= 11 is 5.74. The molecule has 3 aromatic carbocycles. The summed E-state index contributed by atoms with van der Waals surface area (Å²) in [6.07, 6.45) is 0. The third-order valence-electron chi connectivity index (χ3n) is 3.57. The lowest BCUT2D eigenvalue weighted by molar-refractivity contribution is 0.626. The van der Waals surface area contributed by atoms with Crippen molar-refractivity contribution in [2.45, 2.75) is 14.4 Å². The zero-order chi connectivity index (χ0) is 15.7. The van der Waals surface area contributed by atoms with Gasteiger partial charge in [0.1, 0.15) is 11.6 Å². The molecule has 0 aliphatic carbocycles. The Morgan fingerprint density at radius 2 is 1.22 bits per heavy atom. The molecule has 0 fully saturated rings. The molecule has 0 aliphatic rings. The van der Waals surface area contributed by atoms with E-state index in [1.807, 2.05) is 31.2 Å². The topological polar surface area (TPSA) is 0 Å². The molecule has 23 heavy (non-hydrogen) atoms.